The van der Waals surface area contributed by atoms with E-state index < -0.39 is 5.60 Å². The molecule has 1 N–H and O–H groups in total. The molecule has 1 aliphatic heterocycles. The van der Waals surface area contributed by atoms with E-state index in [1.165, 1.54) is 19.4 Å². The molecule has 5 nitrogen and oxygen atoms in total. The third kappa shape index (κ3) is 4.30. The molecule has 1 amide bonds. The summed E-state index contributed by atoms with van der Waals surface area (Å²) in [5.41, 5.74) is -0.633. The number of ether oxygens (including phenoxy) is 1. The molecule has 1 atom stereocenters. The van der Waals surface area contributed by atoms with E-state index in [4.69, 9.17) is 4.74 Å². The lowest BCUT2D eigenvalue weighted by atomic mass is 9.90. The maximum atomic E-state index is 13.4. The van der Waals surface area contributed by atoms with Gasteiger partial charge >= 0.3 is 0 Å². The Labute approximate surface area is 148 Å². The second kappa shape index (κ2) is 7.30. The summed E-state index contributed by atoms with van der Waals surface area (Å²) >= 11 is 0. The summed E-state index contributed by atoms with van der Waals surface area (Å²) in [5, 5.41) is 11.2. The molecule has 2 fully saturated rings. The molecular formula is C19H27FN2O3. The quantitative estimate of drug-likeness (QED) is 0.902. The Morgan fingerprint density at radius 1 is 1.36 bits per heavy atom. The number of hydrogen-bond donors (Lipinski definition) is 1. The first kappa shape index (κ1) is 18.1. The van der Waals surface area contributed by atoms with Gasteiger partial charge in [-0.15, -0.1) is 0 Å². The van der Waals surface area contributed by atoms with Gasteiger partial charge in [-0.2, -0.15) is 0 Å². The van der Waals surface area contributed by atoms with Gasteiger partial charge in [0, 0.05) is 32.6 Å². The molecule has 6 heteroatoms. The van der Waals surface area contributed by atoms with E-state index in [0.29, 0.717) is 30.4 Å². The predicted molar refractivity (Wildman–Crippen MR) is 93.0 cm³/mol. The number of aryl methyl sites for hydroxylation is 1. The summed E-state index contributed by atoms with van der Waals surface area (Å²) in [7, 11) is 0. The van der Waals surface area contributed by atoms with Gasteiger partial charge in [-0.25, -0.2) is 4.39 Å². The Morgan fingerprint density at radius 2 is 2.12 bits per heavy atom. The van der Waals surface area contributed by atoms with Crippen molar-refractivity contribution in [1.82, 2.24) is 9.80 Å². The van der Waals surface area contributed by atoms with Gasteiger partial charge in [-0.1, -0.05) is 6.42 Å². The standard InChI is InChI=1S/C19H27FN2O3/c1-14-10-17(6-7-18(14)20)25-13-19(24)11-21(15(2)23)8-9-22(12-19)16-4-3-5-16/h6-7,10,16,24H,3-5,8-9,11-13H2,1-2H3. The fourth-order valence-electron chi connectivity index (χ4n) is 3.54. The van der Waals surface area contributed by atoms with Crippen LogP contribution in [0.15, 0.2) is 18.2 Å². The Bertz CT molecular complexity index is 635. The normalized spacial score (nSPS) is 25.4. The number of aliphatic hydroxyl groups is 1. The zero-order valence-corrected chi connectivity index (χ0v) is 15.0. The van der Waals surface area contributed by atoms with Crippen LogP contribution in [0.5, 0.6) is 5.75 Å². The molecule has 0 radical (unpaired) electrons. The third-order valence-electron chi connectivity index (χ3n) is 5.31. The summed E-state index contributed by atoms with van der Waals surface area (Å²) in [4.78, 5) is 15.8. The minimum Gasteiger partial charge on any atom is -0.490 e. The highest BCUT2D eigenvalue weighted by Crippen LogP contribution is 2.28. The van der Waals surface area contributed by atoms with Crippen LogP contribution in [0.25, 0.3) is 0 Å². The molecule has 1 unspecified atom stereocenters. The van der Waals surface area contributed by atoms with E-state index in [2.05, 4.69) is 4.90 Å². The number of benzene rings is 1. The van der Waals surface area contributed by atoms with E-state index in [0.717, 1.165) is 19.4 Å². The molecule has 3 rings (SSSR count). The van der Waals surface area contributed by atoms with Crippen LogP contribution in [0.1, 0.15) is 31.7 Å². The second-order valence-corrected chi connectivity index (χ2v) is 7.42. The zero-order valence-electron chi connectivity index (χ0n) is 15.0. The lowest BCUT2D eigenvalue weighted by molar-refractivity contribution is -0.132. The lowest BCUT2D eigenvalue weighted by Gasteiger charge is -2.40. The van der Waals surface area contributed by atoms with Gasteiger partial charge in [0.05, 0.1) is 6.54 Å². The van der Waals surface area contributed by atoms with Crippen LogP contribution in [-0.4, -0.2) is 65.2 Å². The van der Waals surface area contributed by atoms with Gasteiger partial charge in [-0.3, -0.25) is 9.69 Å². The van der Waals surface area contributed by atoms with Crippen molar-refractivity contribution >= 4 is 5.91 Å². The van der Waals surface area contributed by atoms with Crippen molar-refractivity contribution in [2.45, 2.75) is 44.8 Å². The highest BCUT2D eigenvalue weighted by Gasteiger charge is 2.39. The first-order chi connectivity index (χ1) is 11.9. The first-order valence-electron chi connectivity index (χ1n) is 8.97. The molecule has 1 aromatic rings. The van der Waals surface area contributed by atoms with Crippen molar-refractivity contribution in [1.29, 1.82) is 0 Å². The number of carbonyl (C=O) groups excluding carboxylic acids is 1. The number of hydrogen-bond acceptors (Lipinski definition) is 4. The molecule has 1 saturated heterocycles. The molecule has 0 aromatic heterocycles. The van der Waals surface area contributed by atoms with Gasteiger partial charge < -0.3 is 14.7 Å². The number of rotatable bonds is 4. The van der Waals surface area contributed by atoms with E-state index in [1.54, 1.807) is 24.0 Å². The topological polar surface area (TPSA) is 53.0 Å². The van der Waals surface area contributed by atoms with Crippen molar-refractivity contribution in [2.24, 2.45) is 0 Å². The second-order valence-electron chi connectivity index (χ2n) is 7.42. The number of amides is 1. The smallest absolute Gasteiger partial charge is 0.219 e. The van der Waals surface area contributed by atoms with Crippen LogP contribution in [0, 0.1) is 12.7 Å². The average Bonchev–Trinajstić information content (AvgIpc) is 2.67. The van der Waals surface area contributed by atoms with Crippen LogP contribution in [0.4, 0.5) is 4.39 Å². The predicted octanol–water partition coefficient (Wildman–Crippen LogP) is 1.96. The molecule has 0 spiro atoms. The zero-order chi connectivity index (χ0) is 18.0. The number of β-amino-alcohol motifs (C(OH)–C–C–N with tert-alkyl or cyclic N) is 1. The maximum Gasteiger partial charge on any atom is 0.219 e. The lowest BCUT2D eigenvalue weighted by Crippen LogP contribution is -2.54. The molecule has 1 saturated carbocycles. The van der Waals surface area contributed by atoms with E-state index in [9.17, 15) is 14.3 Å². The third-order valence-corrected chi connectivity index (χ3v) is 5.31. The van der Waals surface area contributed by atoms with Crippen LogP contribution >= 0.6 is 0 Å². The van der Waals surface area contributed by atoms with Crippen LogP contribution < -0.4 is 4.74 Å². The highest BCUT2D eigenvalue weighted by atomic mass is 19.1. The SMILES string of the molecule is CC(=O)N1CCN(C2CCC2)CC(O)(COc2ccc(F)c(C)c2)C1. The fourth-order valence-corrected chi connectivity index (χ4v) is 3.54. The van der Waals surface area contributed by atoms with Crippen LogP contribution in [0.3, 0.4) is 0 Å². The van der Waals surface area contributed by atoms with Gasteiger partial charge in [0.1, 0.15) is 23.8 Å². The summed E-state index contributed by atoms with van der Waals surface area (Å²) in [6, 6.07) is 5.05. The summed E-state index contributed by atoms with van der Waals surface area (Å²) in [5.74, 6) is 0.215. The number of halogens is 1. The van der Waals surface area contributed by atoms with Crippen molar-refractivity contribution < 1.29 is 19.0 Å². The molecule has 1 heterocycles. The highest BCUT2D eigenvalue weighted by molar-refractivity contribution is 5.73. The molecule has 2 aliphatic rings. The molecule has 138 valence electrons. The molecule has 25 heavy (non-hydrogen) atoms. The largest absolute Gasteiger partial charge is 0.490 e. The molecule has 0 bridgehead atoms. The number of nitrogens with zero attached hydrogens (tertiary/aromatic N) is 2. The van der Waals surface area contributed by atoms with Gasteiger partial charge in [0.25, 0.3) is 0 Å². The van der Waals surface area contributed by atoms with Crippen LogP contribution in [0.2, 0.25) is 0 Å². The summed E-state index contributed by atoms with van der Waals surface area (Å²) in [6.07, 6.45) is 3.52. The van der Waals surface area contributed by atoms with Crippen molar-refractivity contribution in [3.63, 3.8) is 0 Å². The van der Waals surface area contributed by atoms with Crippen molar-refractivity contribution in [3.8, 4) is 5.75 Å². The fraction of sp³-hybridized carbons (Fsp3) is 0.632. The number of carbonyl (C=O) groups is 1. The van der Waals surface area contributed by atoms with E-state index >= 15 is 0 Å². The Balaban J connectivity index is 1.71. The van der Waals surface area contributed by atoms with Gasteiger partial charge in [-0.05, 0) is 43.5 Å². The van der Waals surface area contributed by atoms with Crippen LogP contribution in [-0.2, 0) is 4.79 Å². The minimum absolute atomic E-state index is 0.0356. The minimum atomic E-state index is -1.14. The van der Waals surface area contributed by atoms with E-state index in [1.807, 2.05) is 0 Å². The molecule has 1 aromatic carbocycles. The Kier molecular flexibility index (Phi) is 5.29. The monoisotopic (exact) mass is 350 g/mol. The Morgan fingerprint density at radius 3 is 2.72 bits per heavy atom. The average molecular weight is 350 g/mol. The summed E-state index contributed by atoms with van der Waals surface area (Å²) < 4.78 is 19.2. The van der Waals surface area contributed by atoms with E-state index in [-0.39, 0.29) is 24.9 Å². The van der Waals surface area contributed by atoms with Gasteiger partial charge in [0.15, 0.2) is 0 Å². The van der Waals surface area contributed by atoms with Crippen molar-refractivity contribution in [2.75, 3.05) is 32.8 Å². The summed E-state index contributed by atoms with van der Waals surface area (Å²) in [6.45, 7) is 5.44. The molecule has 1 aliphatic carbocycles. The Hall–Kier alpha value is -1.66. The first-order valence-corrected chi connectivity index (χ1v) is 8.97. The van der Waals surface area contributed by atoms with Crippen molar-refractivity contribution in [3.05, 3.63) is 29.6 Å². The maximum absolute atomic E-state index is 13.4. The molecular weight excluding hydrogens is 323 g/mol. The van der Waals surface area contributed by atoms with Gasteiger partial charge in [0.2, 0.25) is 5.91 Å².